The largest absolute Gasteiger partial charge is 0.416 e. The molecule has 2 rings (SSSR count). The number of benzene rings is 1. The second kappa shape index (κ2) is 6.14. The molecule has 1 aromatic rings. The lowest BCUT2D eigenvalue weighted by Crippen LogP contribution is -2.46. The third-order valence-corrected chi connectivity index (χ3v) is 4.06. The molecule has 112 valence electrons. The number of nitrogens with two attached hydrogens (primary N) is 1. The summed E-state index contributed by atoms with van der Waals surface area (Å²) < 4.78 is 38.1. The average molecular weight is 286 g/mol. The molecule has 0 amide bonds. The van der Waals surface area contributed by atoms with Crippen molar-refractivity contribution in [2.75, 3.05) is 13.1 Å². The van der Waals surface area contributed by atoms with Crippen molar-refractivity contribution in [3.05, 3.63) is 35.4 Å². The first-order valence-electron chi connectivity index (χ1n) is 7.04. The number of hydrogen-bond acceptors (Lipinski definition) is 2. The second-order valence-electron chi connectivity index (χ2n) is 5.55. The van der Waals surface area contributed by atoms with Gasteiger partial charge in [-0.25, -0.2) is 0 Å². The molecule has 0 radical (unpaired) electrons. The molecule has 1 saturated heterocycles. The van der Waals surface area contributed by atoms with Crippen LogP contribution >= 0.6 is 0 Å². The minimum Gasteiger partial charge on any atom is -0.327 e. The Bertz CT molecular complexity index is 445. The molecule has 5 heteroatoms. The van der Waals surface area contributed by atoms with E-state index in [4.69, 9.17) is 5.73 Å². The fourth-order valence-corrected chi connectivity index (χ4v) is 2.81. The topological polar surface area (TPSA) is 29.3 Å². The zero-order valence-electron chi connectivity index (χ0n) is 11.7. The maximum atomic E-state index is 12.7. The van der Waals surface area contributed by atoms with Crippen LogP contribution in [0.2, 0.25) is 0 Å². The Morgan fingerprint density at radius 3 is 2.75 bits per heavy atom. The molecule has 0 saturated carbocycles. The van der Waals surface area contributed by atoms with E-state index in [1.54, 1.807) is 6.07 Å². The molecule has 1 aliphatic rings. The Kier molecular flexibility index (Phi) is 4.70. The molecule has 0 spiro atoms. The lowest BCUT2D eigenvalue weighted by atomic mass is 9.90. The summed E-state index contributed by atoms with van der Waals surface area (Å²) >= 11 is 0. The van der Waals surface area contributed by atoms with Gasteiger partial charge < -0.3 is 5.73 Å². The molecule has 1 heterocycles. The normalized spacial score (nSPS) is 24.9. The first-order chi connectivity index (χ1) is 9.40. The second-order valence-corrected chi connectivity index (χ2v) is 5.55. The molecule has 20 heavy (non-hydrogen) atoms. The van der Waals surface area contributed by atoms with Gasteiger partial charge in [-0.1, -0.05) is 31.5 Å². The van der Waals surface area contributed by atoms with Gasteiger partial charge in [0.15, 0.2) is 0 Å². The van der Waals surface area contributed by atoms with E-state index in [9.17, 15) is 13.2 Å². The third kappa shape index (κ3) is 3.73. The molecule has 1 aliphatic heterocycles. The highest BCUT2D eigenvalue weighted by atomic mass is 19.4. The summed E-state index contributed by atoms with van der Waals surface area (Å²) in [6, 6.07) is 5.81. The molecule has 0 aliphatic carbocycles. The molecule has 2 nitrogen and oxygen atoms in total. The van der Waals surface area contributed by atoms with Gasteiger partial charge in [0.25, 0.3) is 0 Å². The maximum Gasteiger partial charge on any atom is 0.416 e. The maximum absolute atomic E-state index is 12.7. The van der Waals surface area contributed by atoms with Crippen LogP contribution in [0.3, 0.4) is 0 Å². The fraction of sp³-hybridized carbons (Fsp3) is 0.600. The van der Waals surface area contributed by atoms with Crippen molar-refractivity contribution in [3.63, 3.8) is 0 Å². The van der Waals surface area contributed by atoms with Crippen LogP contribution in [-0.4, -0.2) is 24.0 Å². The van der Waals surface area contributed by atoms with Crippen LogP contribution in [0, 0.1) is 5.92 Å². The van der Waals surface area contributed by atoms with Gasteiger partial charge in [0.2, 0.25) is 0 Å². The summed E-state index contributed by atoms with van der Waals surface area (Å²) in [6.45, 7) is 4.40. The van der Waals surface area contributed by atoms with E-state index < -0.39 is 11.7 Å². The van der Waals surface area contributed by atoms with Crippen LogP contribution in [0.1, 0.15) is 30.9 Å². The predicted octanol–water partition coefficient (Wildman–Crippen LogP) is 3.26. The van der Waals surface area contributed by atoms with Crippen LogP contribution < -0.4 is 5.73 Å². The molecule has 0 aromatic heterocycles. The molecule has 2 atom stereocenters. The summed E-state index contributed by atoms with van der Waals surface area (Å²) in [6.07, 6.45) is -2.34. The average Bonchev–Trinajstić information content (AvgIpc) is 2.40. The van der Waals surface area contributed by atoms with Crippen molar-refractivity contribution in [2.24, 2.45) is 11.7 Å². The highest BCUT2D eigenvalue weighted by molar-refractivity contribution is 5.25. The van der Waals surface area contributed by atoms with Gasteiger partial charge in [0, 0.05) is 19.1 Å². The van der Waals surface area contributed by atoms with Crippen LogP contribution in [0.5, 0.6) is 0 Å². The Hall–Kier alpha value is -1.07. The zero-order chi connectivity index (χ0) is 14.8. The summed E-state index contributed by atoms with van der Waals surface area (Å²) in [5.41, 5.74) is 6.19. The van der Waals surface area contributed by atoms with Gasteiger partial charge in [-0.2, -0.15) is 13.2 Å². The molecule has 0 bridgehead atoms. The summed E-state index contributed by atoms with van der Waals surface area (Å²) in [4.78, 5) is 2.20. The van der Waals surface area contributed by atoms with Crippen LogP contribution in [0.4, 0.5) is 13.2 Å². The number of hydrogen-bond donors (Lipinski definition) is 1. The van der Waals surface area contributed by atoms with Crippen molar-refractivity contribution >= 4 is 0 Å². The van der Waals surface area contributed by atoms with Gasteiger partial charge in [0.05, 0.1) is 5.56 Å². The SMILES string of the molecule is CCC1CN(Cc2cccc(C(F)(F)F)c2)CCC1N. The first kappa shape index (κ1) is 15.3. The predicted molar refractivity (Wildman–Crippen MR) is 73.1 cm³/mol. The molecular weight excluding hydrogens is 265 g/mol. The smallest absolute Gasteiger partial charge is 0.327 e. The van der Waals surface area contributed by atoms with Gasteiger partial charge >= 0.3 is 6.18 Å². The standard InChI is InChI=1S/C15H21F3N2/c1-2-12-10-20(7-6-14(12)19)9-11-4-3-5-13(8-11)15(16,17)18/h3-5,8,12,14H,2,6-7,9-10,19H2,1H3. The lowest BCUT2D eigenvalue weighted by Gasteiger charge is -2.36. The van der Waals surface area contributed by atoms with Crippen molar-refractivity contribution in [3.8, 4) is 0 Å². The van der Waals surface area contributed by atoms with Crippen molar-refractivity contribution in [1.29, 1.82) is 0 Å². The van der Waals surface area contributed by atoms with Gasteiger partial charge in [0.1, 0.15) is 0 Å². The molecule has 1 aromatic carbocycles. The summed E-state index contributed by atoms with van der Waals surface area (Å²) in [7, 11) is 0. The third-order valence-electron chi connectivity index (χ3n) is 4.06. The highest BCUT2D eigenvalue weighted by Gasteiger charge is 2.31. The minimum atomic E-state index is -4.27. The molecule has 2 unspecified atom stereocenters. The number of nitrogens with zero attached hydrogens (tertiary/aromatic N) is 1. The highest BCUT2D eigenvalue weighted by Crippen LogP contribution is 2.30. The van der Waals surface area contributed by atoms with E-state index in [0.29, 0.717) is 18.0 Å². The first-order valence-corrected chi connectivity index (χ1v) is 7.04. The fourth-order valence-electron chi connectivity index (χ4n) is 2.81. The minimum absolute atomic E-state index is 0.220. The molecule has 1 fully saturated rings. The van der Waals surface area contributed by atoms with E-state index in [-0.39, 0.29) is 6.04 Å². The van der Waals surface area contributed by atoms with Crippen molar-refractivity contribution in [2.45, 2.75) is 38.5 Å². The summed E-state index contributed by atoms with van der Waals surface area (Å²) in [5, 5.41) is 0. The van der Waals surface area contributed by atoms with E-state index >= 15 is 0 Å². The van der Waals surface area contributed by atoms with Crippen molar-refractivity contribution < 1.29 is 13.2 Å². The monoisotopic (exact) mass is 286 g/mol. The van der Waals surface area contributed by atoms with Gasteiger partial charge in [-0.3, -0.25) is 4.90 Å². The van der Waals surface area contributed by atoms with E-state index in [0.717, 1.165) is 32.0 Å². The number of piperidine rings is 1. The van der Waals surface area contributed by atoms with Crippen LogP contribution in [0.25, 0.3) is 0 Å². The Labute approximate surface area is 117 Å². The Morgan fingerprint density at radius 2 is 2.10 bits per heavy atom. The van der Waals surface area contributed by atoms with Gasteiger partial charge in [-0.15, -0.1) is 0 Å². The Balaban J connectivity index is 2.03. The van der Waals surface area contributed by atoms with Crippen LogP contribution in [0.15, 0.2) is 24.3 Å². The quantitative estimate of drug-likeness (QED) is 0.924. The number of halogens is 3. The van der Waals surface area contributed by atoms with Crippen LogP contribution in [-0.2, 0) is 12.7 Å². The van der Waals surface area contributed by atoms with Gasteiger partial charge in [-0.05, 0) is 30.5 Å². The van der Waals surface area contributed by atoms with E-state index in [1.165, 1.54) is 12.1 Å². The number of alkyl halides is 3. The Morgan fingerprint density at radius 1 is 1.35 bits per heavy atom. The summed E-state index contributed by atoms with van der Waals surface area (Å²) in [5.74, 6) is 0.439. The lowest BCUT2D eigenvalue weighted by molar-refractivity contribution is -0.137. The number of rotatable bonds is 3. The number of likely N-dealkylation sites (tertiary alicyclic amines) is 1. The molecular formula is C15H21F3N2. The zero-order valence-corrected chi connectivity index (χ0v) is 11.7. The van der Waals surface area contributed by atoms with E-state index in [1.807, 2.05) is 0 Å². The van der Waals surface area contributed by atoms with Crippen molar-refractivity contribution in [1.82, 2.24) is 4.90 Å². The molecule has 2 N–H and O–H groups in total. The van der Waals surface area contributed by atoms with E-state index in [2.05, 4.69) is 11.8 Å².